The number of aliphatic hydroxyl groups is 1. The first-order valence-corrected chi connectivity index (χ1v) is 11.4. The van der Waals surface area contributed by atoms with Gasteiger partial charge in [-0.05, 0) is 17.0 Å². The summed E-state index contributed by atoms with van der Waals surface area (Å²) < 4.78 is 38.3. The number of Topliss-reactive ketones (excluding diaryl/α,β-unsaturated/α-hetero) is 1. The van der Waals surface area contributed by atoms with Crippen molar-refractivity contribution in [1.29, 1.82) is 0 Å². The van der Waals surface area contributed by atoms with E-state index >= 15 is 0 Å². The minimum Gasteiger partial charge on any atom is -0.460 e. The summed E-state index contributed by atoms with van der Waals surface area (Å²) in [7, 11) is -5.14. The van der Waals surface area contributed by atoms with Crippen molar-refractivity contribution in [3.05, 3.63) is 71.8 Å². The van der Waals surface area contributed by atoms with Crippen LogP contribution in [0, 0.1) is 5.92 Å². The highest BCUT2D eigenvalue weighted by Gasteiger charge is 2.59. The number of rotatable bonds is 10. The van der Waals surface area contributed by atoms with Gasteiger partial charge in [0, 0.05) is 0 Å². The van der Waals surface area contributed by atoms with Crippen LogP contribution in [0.3, 0.4) is 0 Å². The molecule has 32 heavy (non-hydrogen) atoms. The van der Waals surface area contributed by atoms with E-state index in [1.165, 1.54) is 24.3 Å². The number of esters is 1. The largest absolute Gasteiger partial charge is 0.460 e. The van der Waals surface area contributed by atoms with E-state index in [0.29, 0.717) is 5.56 Å². The molecular formula is C22H28N2O7S. The number of hydrogen-bond acceptors (Lipinski definition) is 8. The maximum atomic E-state index is 13.6. The summed E-state index contributed by atoms with van der Waals surface area (Å²) >= 11 is 0. The van der Waals surface area contributed by atoms with Gasteiger partial charge in [-0.2, -0.15) is 8.42 Å². The van der Waals surface area contributed by atoms with Crippen molar-refractivity contribution < 1.29 is 32.4 Å². The Kier molecular flexibility index (Phi) is 8.27. The number of carbonyl (C=O) groups is 2. The van der Waals surface area contributed by atoms with Crippen LogP contribution in [-0.4, -0.2) is 47.3 Å². The molecule has 9 nitrogen and oxygen atoms in total. The Balaban J connectivity index is 2.69. The maximum Gasteiger partial charge on any atom is 0.326 e. The summed E-state index contributed by atoms with van der Waals surface area (Å²) in [6.07, 6.45) is 0. The molecule has 0 heterocycles. The molecule has 3 unspecified atom stereocenters. The van der Waals surface area contributed by atoms with Gasteiger partial charge in [0.25, 0.3) is 10.1 Å². The van der Waals surface area contributed by atoms with Crippen LogP contribution < -0.4 is 11.5 Å². The molecule has 0 saturated carbocycles. The third-order valence-corrected chi connectivity index (χ3v) is 6.19. The average molecular weight is 465 g/mol. The Hall–Kier alpha value is -2.63. The van der Waals surface area contributed by atoms with Gasteiger partial charge >= 0.3 is 5.97 Å². The van der Waals surface area contributed by atoms with E-state index in [1.54, 1.807) is 50.2 Å². The molecule has 0 aliphatic carbocycles. The van der Waals surface area contributed by atoms with Gasteiger partial charge in [0.2, 0.25) is 0 Å². The number of ether oxygens (including phenoxy) is 1. The van der Waals surface area contributed by atoms with Crippen LogP contribution in [0.25, 0.3) is 0 Å². The van der Waals surface area contributed by atoms with Crippen molar-refractivity contribution in [3.63, 3.8) is 0 Å². The SMILES string of the molecule is CC(C)[C@H](N)C(=O)C(C(=O)OCc1ccccc1)(c1ccccc1)C(N)C(O)S(=O)(=O)O. The molecule has 174 valence electrons. The summed E-state index contributed by atoms with van der Waals surface area (Å²) in [5.41, 5.74) is 7.55. The highest BCUT2D eigenvalue weighted by atomic mass is 32.2. The number of nitrogens with two attached hydrogens (primary N) is 2. The smallest absolute Gasteiger partial charge is 0.326 e. The van der Waals surface area contributed by atoms with Gasteiger partial charge in [0.15, 0.2) is 16.6 Å². The second-order valence-electron chi connectivity index (χ2n) is 7.80. The summed E-state index contributed by atoms with van der Waals surface area (Å²) in [6.45, 7) is 3.03. The average Bonchev–Trinajstić information content (AvgIpc) is 2.77. The van der Waals surface area contributed by atoms with Crippen molar-refractivity contribution in [1.82, 2.24) is 0 Å². The normalized spacial score (nSPS) is 16.6. The topological polar surface area (TPSA) is 170 Å². The van der Waals surface area contributed by atoms with Crippen LogP contribution >= 0.6 is 0 Å². The Morgan fingerprint density at radius 2 is 1.50 bits per heavy atom. The van der Waals surface area contributed by atoms with E-state index in [-0.39, 0.29) is 12.2 Å². The molecule has 2 rings (SSSR count). The molecule has 0 aliphatic rings. The van der Waals surface area contributed by atoms with E-state index < -0.39 is 50.7 Å². The lowest BCUT2D eigenvalue weighted by atomic mass is 9.68. The van der Waals surface area contributed by atoms with Crippen molar-refractivity contribution in [2.75, 3.05) is 0 Å². The lowest BCUT2D eigenvalue weighted by Crippen LogP contribution is -2.66. The highest BCUT2D eigenvalue weighted by molar-refractivity contribution is 7.86. The second kappa shape index (κ2) is 10.3. The highest BCUT2D eigenvalue weighted by Crippen LogP contribution is 2.35. The molecular weight excluding hydrogens is 436 g/mol. The molecule has 0 spiro atoms. The van der Waals surface area contributed by atoms with Gasteiger partial charge in [-0.15, -0.1) is 0 Å². The molecule has 0 bridgehead atoms. The van der Waals surface area contributed by atoms with Crippen LogP contribution in [0.5, 0.6) is 0 Å². The molecule has 0 radical (unpaired) electrons. The molecule has 10 heteroatoms. The van der Waals surface area contributed by atoms with Gasteiger partial charge in [0.05, 0.1) is 12.1 Å². The second-order valence-corrected chi connectivity index (χ2v) is 9.31. The van der Waals surface area contributed by atoms with E-state index in [0.717, 1.165) is 0 Å². The van der Waals surface area contributed by atoms with Gasteiger partial charge in [0.1, 0.15) is 6.61 Å². The zero-order chi connectivity index (χ0) is 24.1. The summed E-state index contributed by atoms with van der Waals surface area (Å²) in [5.74, 6) is -2.58. The molecule has 0 amide bonds. The Morgan fingerprint density at radius 1 is 1.00 bits per heavy atom. The monoisotopic (exact) mass is 464 g/mol. The molecule has 2 aromatic rings. The third kappa shape index (κ3) is 5.22. The predicted molar refractivity (Wildman–Crippen MR) is 118 cm³/mol. The van der Waals surface area contributed by atoms with Crippen LogP contribution in [-0.2, 0) is 36.5 Å². The fourth-order valence-electron chi connectivity index (χ4n) is 3.36. The minimum absolute atomic E-state index is 0.0191. The number of aliphatic hydroxyl groups excluding tert-OH is 1. The Morgan fingerprint density at radius 3 is 1.97 bits per heavy atom. The number of carbonyl (C=O) groups excluding carboxylic acids is 2. The quantitative estimate of drug-likeness (QED) is 0.225. The van der Waals surface area contributed by atoms with E-state index in [4.69, 9.17) is 16.2 Å². The van der Waals surface area contributed by atoms with E-state index in [1.807, 2.05) is 0 Å². The maximum absolute atomic E-state index is 13.6. The summed E-state index contributed by atoms with van der Waals surface area (Å²) in [6, 6.07) is 12.6. The minimum atomic E-state index is -5.14. The lowest BCUT2D eigenvalue weighted by Gasteiger charge is -2.39. The Labute approximate surface area is 187 Å². The van der Waals surface area contributed by atoms with Crippen molar-refractivity contribution in [2.24, 2.45) is 17.4 Å². The first-order chi connectivity index (χ1) is 14.9. The van der Waals surface area contributed by atoms with Crippen molar-refractivity contribution in [2.45, 2.75) is 43.4 Å². The summed E-state index contributed by atoms with van der Waals surface area (Å²) in [5, 5.41) is 10.3. The molecule has 2 aromatic carbocycles. The van der Waals surface area contributed by atoms with Gasteiger partial charge in [-0.1, -0.05) is 74.5 Å². The zero-order valence-corrected chi connectivity index (χ0v) is 18.6. The zero-order valence-electron chi connectivity index (χ0n) is 17.8. The molecule has 0 fully saturated rings. The fraction of sp³-hybridized carbons (Fsp3) is 0.364. The van der Waals surface area contributed by atoms with E-state index in [9.17, 15) is 27.7 Å². The van der Waals surface area contributed by atoms with Crippen molar-refractivity contribution in [3.8, 4) is 0 Å². The van der Waals surface area contributed by atoms with Gasteiger partial charge in [-0.3, -0.25) is 14.1 Å². The van der Waals surface area contributed by atoms with E-state index in [2.05, 4.69) is 0 Å². The molecule has 4 atom stereocenters. The van der Waals surface area contributed by atoms with Crippen LogP contribution in [0.1, 0.15) is 25.0 Å². The van der Waals surface area contributed by atoms with Crippen molar-refractivity contribution >= 4 is 21.9 Å². The number of ketones is 1. The predicted octanol–water partition coefficient (Wildman–Crippen LogP) is 0.754. The first kappa shape index (κ1) is 25.6. The van der Waals surface area contributed by atoms with Crippen LogP contribution in [0.2, 0.25) is 0 Å². The molecule has 0 aliphatic heterocycles. The van der Waals surface area contributed by atoms with Crippen LogP contribution in [0.4, 0.5) is 0 Å². The van der Waals surface area contributed by atoms with Gasteiger partial charge in [-0.25, -0.2) is 0 Å². The van der Waals surface area contributed by atoms with Crippen LogP contribution in [0.15, 0.2) is 60.7 Å². The molecule has 6 N–H and O–H groups in total. The Bertz CT molecular complexity index is 1030. The number of hydrogen-bond donors (Lipinski definition) is 4. The molecule has 0 saturated heterocycles. The third-order valence-electron chi connectivity index (χ3n) is 5.29. The standard InChI is InChI=1S/C22H28N2O7S/c1-14(2)17(23)19(25)22(16-11-7-4-8-12-16,18(24)20(26)32(28,29)30)21(27)31-13-15-9-5-3-6-10-15/h3-12,14,17-18,20,26H,13,23-24H2,1-2H3,(H,28,29,30)/t17-,18?,20?,22?/m0/s1. The lowest BCUT2D eigenvalue weighted by molar-refractivity contribution is -0.158. The number of benzene rings is 2. The fourth-order valence-corrected chi connectivity index (χ4v) is 3.93. The van der Waals surface area contributed by atoms with Gasteiger partial charge < -0.3 is 21.3 Å². The summed E-state index contributed by atoms with van der Waals surface area (Å²) in [4.78, 5) is 27.2. The molecule has 0 aromatic heterocycles. The first-order valence-electron chi connectivity index (χ1n) is 9.90.